The molecule has 222 valence electrons. The highest BCUT2D eigenvalue weighted by Crippen LogP contribution is 2.48. The summed E-state index contributed by atoms with van der Waals surface area (Å²) in [6.07, 6.45) is -0.782. The molecule has 1 aliphatic heterocycles. The number of halogens is 5. The van der Waals surface area contributed by atoms with Crippen molar-refractivity contribution >= 4 is 5.91 Å². The molecule has 0 spiro atoms. The van der Waals surface area contributed by atoms with Crippen molar-refractivity contribution in [2.45, 2.75) is 62.5 Å². The predicted molar refractivity (Wildman–Crippen MR) is 140 cm³/mol. The second kappa shape index (κ2) is 10.4. The fraction of sp³-hybridized carbons (Fsp3) is 0.400. The van der Waals surface area contributed by atoms with Crippen LogP contribution in [0.4, 0.5) is 22.0 Å². The molecule has 2 aliphatic carbocycles. The van der Waals surface area contributed by atoms with Gasteiger partial charge in [-0.15, -0.1) is 0 Å². The SMILES string of the molecule is C[C@](O)(CNC(=O)c1ccc(OC2CC2)c(OC2CC2)c1)c1cc2c(c(-c3ccc(F)c(F)c3)n1)OC[C@H]2C(F)(F)F. The number of amides is 1. The fourth-order valence-electron chi connectivity index (χ4n) is 4.62. The number of alkyl halides is 3. The molecule has 7 nitrogen and oxygen atoms in total. The van der Waals surface area contributed by atoms with E-state index in [2.05, 4.69) is 10.3 Å². The maximum absolute atomic E-state index is 14.0. The summed E-state index contributed by atoms with van der Waals surface area (Å²) in [5.41, 5.74) is -2.46. The van der Waals surface area contributed by atoms with Gasteiger partial charge in [0.1, 0.15) is 29.6 Å². The number of nitrogens with zero attached hydrogens (tertiary/aromatic N) is 1. The third-order valence-electron chi connectivity index (χ3n) is 7.35. The molecule has 2 N–H and O–H groups in total. The van der Waals surface area contributed by atoms with Gasteiger partial charge in [0.2, 0.25) is 0 Å². The molecule has 42 heavy (non-hydrogen) atoms. The highest BCUT2D eigenvalue weighted by molar-refractivity contribution is 5.95. The molecule has 0 radical (unpaired) electrons. The number of hydrogen-bond donors (Lipinski definition) is 2. The van der Waals surface area contributed by atoms with E-state index in [0.29, 0.717) is 11.5 Å². The van der Waals surface area contributed by atoms with Crippen LogP contribution in [-0.2, 0) is 5.60 Å². The van der Waals surface area contributed by atoms with Gasteiger partial charge in [-0.05, 0) is 75.1 Å². The number of carbonyl (C=O) groups excluding carboxylic acids is 1. The van der Waals surface area contributed by atoms with E-state index in [-0.39, 0.29) is 46.0 Å². The van der Waals surface area contributed by atoms with Crippen LogP contribution in [0.3, 0.4) is 0 Å². The van der Waals surface area contributed by atoms with Crippen LogP contribution in [-0.4, -0.2) is 47.5 Å². The quantitative estimate of drug-likeness (QED) is 0.307. The Morgan fingerprint density at radius 3 is 2.33 bits per heavy atom. The number of benzene rings is 2. The first kappa shape index (κ1) is 28.2. The third kappa shape index (κ3) is 5.85. The highest BCUT2D eigenvalue weighted by atomic mass is 19.4. The molecule has 2 heterocycles. The number of ether oxygens (including phenoxy) is 3. The number of carbonyl (C=O) groups is 1. The van der Waals surface area contributed by atoms with Crippen LogP contribution in [0.5, 0.6) is 17.2 Å². The van der Waals surface area contributed by atoms with Gasteiger partial charge in [0.05, 0.1) is 24.4 Å². The zero-order chi connectivity index (χ0) is 29.8. The van der Waals surface area contributed by atoms with E-state index in [4.69, 9.17) is 14.2 Å². The Bertz CT molecular complexity index is 1540. The largest absolute Gasteiger partial charge is 0.490 e. The van der Waals surface area contributed by atoms with E-state index in [9.17, 15) is 31.9 Å². The summed E-state index contributed by atoms with van der Waals surface area (Å²) >= 11 is 0. The Kier molecular flexibility index (Phi) is 6.99. The predicted octanol–water partition coefficient (Wildman–Crippen LogP) is 5.79. The molecule has 2 atom stereocenters. The van der Waals surface area contributed by atoms with Crippen molar-refractivity contribution in [1.82, 2.24) is 10.3 Å². The van der Waals surface area contributed by atoms with E-state index in [1.54, 1.807) is 18.2 Å². The minimum Gasteiger partial charge on any atom is -0.490 e. The first-order valence-electron chi connectivity index (χ1n) is 13.6. The van der Waals surface area contributed by atoms with Crippen molar-refractivity contribution in [1.29, 1.82) is 0 Å². The van der Waals surface area contributed by atoms with E-state index < -0.39 is 48.4 Å². The second-order valence-corrected chi connectivity index (χ2v) is 11.1. The Hall–Kier alpha value is -3.93. The zero-order valence-electron chi connectivity index (χ0n) is 22.4. The molecule has 12 heteroatoms. The molecular formula is C30H27F5N2O5. The lowest BCUT2D eigenvalue weighted by molar-refractivity contribution is -0.151. The van der Waals surface area contributed by atoms with Crippen LogP contribution in [0, 0.1) is 11.6 Å². The van der Waals surface area contributed by atoms with E-state index >= 15 is 0 Å². The van der Waals surface area contributed by atoms with Crippen LogP contribution >= 0.6 is 0 Å². The number of pyridine rings is 1. The van der Waals surface area contributed by atoms with Gasteiger partial charge >= 0.3 is 6.18 Å². The second-order valence-electron chi connectivity index (χ2n) is 11.1. The van der Waals surface area contributed by atoms with E-state index in [0.717, 1.165) is 49.9 Å². The van der Waals surface area contributed by atoms with Crippen molar-refractivity contribution in [3.63, 3.8) is 0 Å². The summed E-state index contributed by atoms with van der Waals surface area (Å²) in [5, 5.41) is 13.9. The van der Waals surface area contributed by atoms with Crippen LogP contribution in [0.1, 0.15) is 60.1 Å². The zero-order valence-corrected chi connectivity index (χ0v) is 22.4. The van der Waals surface area contributed by atoms with Crippen LogP contribution in [0.2, 0.25) is 0 Å². The van der Waals surface area contributed by atoms with Crippen molar-refractivity contribution in [3.05, 3.63) is 70.9 Å². The number of nitrogens with one attached hydrogen (secondary N) is 1. The molecule has 2 saturated carbocycles. The first-order chi connectivity index (χ1) is 19.9. The Morgan fingerprint density at radius 2 is 1.69 bits per heavy atom. The Labute approximate surface area is 237 Å². The smallest absolute Gasteiger partial charge is 0.399 e. The summed E-state index contributed by atoms with van der Waals surface area (Å²) in [6, 6.07) is 8.60. The summed E-state index contributed by atoms with van der Waals surface area (Å²) in [5.74, 6) is -4.20. The normalized spacial score (nSPS) is 19.5. The van der Waals surface area contributed by atoms with Crippen molar-refractivity contribution in [2.24, 2.45) is 0 Å². The summed E-state index contributed by atoms with van der Waals surface area (Å²) in [7, 11) is 0. The summed E-state index contributed by atoms with van der Waals surface area (Å²) in [6.45, 7) is 0.125. The minimum absolute atomic E-state index is 0.0358. The number of aromatic nitrogens is 1. The third-order valence-corrected chi connectivity index (χ3v) is 7.35. The molecule has 6 rings (SSSR count). The lowest BCUT2D eigenvalue weighted by Gasteiger charge is -2.25. The van der Waals surface area contributed by atoms with Gasteiger partial charge in [-0.1, -0.05) is 0 Å². The Balaban J connectivity index is 1.27. The summed E-state index contributed by atoms with van der Waals surface area (Å²) in [4.78, 5) is 17.4. The van der Waals surface area contributed by atoms with E-state index in [1.807, 2.05) is 0 Å². The average Bonchev–Trinajstić information content (AvgIpc) is 3.87. The molecule has 2 fully saturated rings. The van der Waals surface area contributed by atoms with Gasteiger partial charge in [0.15, 0.2) is 23.1 Å². The van der Waals surface area contributed by atoms with E-state index in [1.165, 1.54) is 6.92 Å². The molecule has 3 aliphatic rings. The molecule has 1 aromatic heterocycles. The molecule has 3 aromatic rings. The van der Waals surface area contributed by atoms with Gasteiger partial charge in [-0.2, -0.15) is 13.2 Å². The number of aliphatic hydroxyl groups is 1. The van der Waals surface area contributed by atoms with Gasteiger partial charge in [0.25, 0.3) is 5.91 Å². The van der Waals surface area contributed by atoms with Gasteiger partial charge in [-0.25, -0.2) is 13.8 Å². The minimum atomic E-state index is -4.68. The Morgan fingerprint density at radius 1 is 1.00 bits per heavy atom. The fourth-order valence-corrected chi connectivity index (χ4v) is 4.62. The maximum Gasteiger partial charge on any atom is 0.399 e. The van der Waals surface area contributed by atoms with Crippen LogP contribution in [0.25, 0.3) is 11.3 Å². The van der Waals surface area contributed by atoms with Gasteiger partial charge in [0, 0.05) is 16.7 Å². The van der Waals surface area contributed by atoms with Crippen LogP contribution < -0.4 is 19.5 Å². The molecule has 1 amide bonds. The number of hydrogen-bond acceptors (Lipinski definition) is 6. The van der Waals surface area contributed by atoms with Crippen molar-refractivity contribution < 1.29 is 46.1 Å². The van der Waals surface area contributed by atoms with Crippen molar-refractivity contribution in [2.75, 3.05) is 13.2 Å². The standard InChI is InChI=1S/C30H27F5N2O5/c1-29(39,14-36-28(38)16-3-9-23(41-17-4-5-17)24(11-16)42-18-6-7-18)25-12-19-20(30(33,34)35)13-40-27(19)26(37-25)15-2-8-21(31)22(32)10-15/h2-3,8-12,17-18,20,39H,4-7,13-14H2,1H3,(H,36,38)/t20-,29+/m1/s1. The average molecular weight is 591 g/mol. The lowest BCUT2D eigenvalue weighted by atomic mass is 9.93. The molecule has 0 bridgehead atoms. The molecule has 0 saturated heterocycles. The first-order valence-corrected chi connectivity index (χ1v) is 13.6. The summed E-state index contributed by atoms with van der Waals surface area (Å²) < 4.78 is 86.3. The molecule has 0 unspecified atom stereocenters. The van der Waals surface area contributed by atoms with Gasteiger partial charge < -0.3 is 24.6 Å². The highest BCUT2D eigenvalue weighted by Gasteiger charge is 2.48. The lowest BCUT2D eigenvalue weighted by Crippen LogP contribution is -2.39. The molecule has 2 aromatic carbocycles. The topological polar surface area (TPSA) is 89.9 Å². The monoisotopic (exact) mass is 590 g/mol. The number of rotatable bonds is 9. The number of fused-ring (bicyclic) bond motifs is 1. The van der Waals surface area contributed by atoms with Gasteiger partial charge in [-0.3, -0.25) is 4.79 Å². The molecular weight excluding hydrogens is 563 g/mol. The maximum atomic E-state index is 14.0. The van der Waals surface area contributed by atoms with Crippen molar-refractivity contribution in [3.8, 4) is 28.5 Å². The van der Waals surface area contributed by atoms with Crippen LogP contribution in [0.15, 0.2) is 42.5 Å².